The van der Waals surface area contributed by atoms with Gasteiger partial charge in [-0.15, -0.1) is 12.8 Å². The first kappa shape index (κ1) is 3.52. The standard InChI is InChI=1S/C2H2.CH5N/c2*1-2/h1-2H;2H2,1H3/i1D;. The van der Waals surface area contributed by atoms with E-state index in [1.165, 1.54) is 13.4 Å². The van der Waals surface area contributed by atoms with Gasteiger partial charge >= 0.3 is 0 Å². The Bertz CT molecular complexity index is 28.4. The van der Waals surface area contributed by atoms with Crippen molar-refractivity contribution in [2.24, 2.45) is 5.73 Å². The first-order valence-electron chi connectivity index (χ1n) is 1.37. The van der Waals surface area contributed by atoms with E-state index in [9.17, 15) is 0 Å². The Morgan fingerprint density at radius 2 is 2.00 bits per heavy atom. The summed E-state index contributed by atoms with van der Waals surface area (Å²) in [6.45, 7) is 0. The van der Waals surface area contributed by atoms with Gasteiger partial charge in [-0.1, -0.05) is 0 Å². The Balaban J connectivity index is 0. The van der Waals surface area contributed by atoms with Gasteiger partial charge in [-0.05, 0) is 7.05 Å². The van der Waals surface area contributed by atoms with Gasteiger partial charge in [-0.3, -0.25) is 0 Å². The van der Waals surface area contributed by atoms with Gasteiger partial charge in [-0.25, -0.2) is 0 Å². The smallest absolute Gasteiger partial charge is 0.124 e. The first-order chi connectivity index (χ1) is 2.41. The number of nitrogens with two attached hydrogens (primary N) is 1. The predicted octanol–water partition coefficient (Wildman–Crippen LogP) is -0.176. The first-order valence-corrected chi connectivity index (χ1v) is 0.866. The third-order valence-electron chi connectivity index (χ3n) is 0. The van der Waals surface area contributed by atoms with Crippen LogP contribution in [0.1, 0.15) is 1.37 Å². The molecule has 0 aliphatic carbocycles. The molecule has 0 saturated carbocycles. The number of hydrogen-bond donors (Lipinski definition) is 1. The molecule has 0 heterocycles. The summed E-state index contributed by atoms with van der Waals surface area (Å²) in [4.78, 5) is 0. The summed E-state index contributed by atoms with van der Waals surface area (Å²) in [5.74, 6) is 0. The number of rotatable bonds is 0. The van der Waals surface area contributed by atoms with Crippen molar-refractivity contribution in [3.63, 3.8) is 0 Å². The second-order valence-electron chi connectivity index (χ2n) is 0. The molecule has 0 bridgehead atoms. The zero-order valence-electron chi connectivity index (χ0n) is 3.65. The fraction of sp³-hybridized carbons (Fsp3) is 0.333. The molecule has 0 radical (unpaired) electrons. The van der Waals surface area contributed by atoms with E-state index < -0.39 is 0 Å². The number of terminal acetylenes is 1. The summed E-state index contributed by atoms with van der Waals surface area (Å²) in [7, 11) is 1.50. The molecule has 0 spiro atoms. The fourth-order valence-corrected chi connectivity index (χ4v) is 0. The molecule has 0 aromatic carbocycles. The van der Waals surface area contributed by atoms with Gasteiger partial charge in [0.15, 0.2) is 0 Å². The van der Waals surface area contributed by atoms with Gasteiger partial charge in [-0.2, -0.15) is 0 Å². The molecule has 1 heteroatoms. The SMILES string of the molecule is CN.[2H]C#C. The van der Waals surface area contributed by atoms with Crippen LogP contribution in [-0.4, -0.2) is 7.05 Å². The molecule has 0 saturated heterocycles. The lowest BCUT2D eigenvalue weighted by Gasteiger charge is -1.19. The summed E-state index contributed by atoms with van der Waals surface area (Å²) in [6, 6.07) is 0. The van der Waals surface area contributed by atoms with E-state index in [-0.39, 0.29) is 0 Å². The molecule has 1 nitrogen and oxygen atoms in total. The Morgan fingerprint density at radius 3 is 2.00 bits per heavy atom. The van der Waals surface area contributed by atoms with Crippen LogP contribution in [0.4, 0.5) is 0 Å². The quantitative estimate of drug-likeness (QED) is 0.384. The summed E-state index contributed by atoms with van der Waals surface area (Å²) in [6.07, 6.45) is 5.76. The van der Waals surface area contributed by atoms with Gasteiger partial charge in [0, 0.05) is 0 Å². The van der Waals surface area contributed by atoms with E-state index in [1.807, 2.05) is 0 Å². The predicted molar refractivity (Wildman–Crippen MR) is 20.0 cm³/mol. The zero-order chi connectivity index (χ0) is 4.71. The third kappa shape index (κ3) is 1.78. The van der Waals surface area contributed by atoms with Crippen molar-refractivity contribution < 1.29 is 1.37 Å². The zero-order valence-corrected chi connectivity index (χ0v) is 2.65. The molecule has 0 atom stereocenters. The van der Waals surface area contributed by atoms with Gasteiger partial charge in [0.1, 0.15) is 1.37 Å². The second-order valence-corrected chi connectivity index (χ2v) is 0. The maximum absolute atomic E-state index is 5.74. The van der Waals surface area contributed by atoms with Crippen LogP contribution in [0.2, 0.25) is 0 Å². The molecule has 0 aromatic rings. The van der Waals surface area contributed by atoms with Gasteiger partial charge < -0.3 is 5.73 Å². The van der Waals surface area contributed by atoms with E-state index in [0.717, 1.165) is 0 Å². The van der Waals surface area contributed by atoms with Crippen molar-refractivity contribution in [1.82, 2.24) is 0 Å². The Morgan fingerprint density at radius 1 is 2.00 bits per heavy atom. The van der Waals surface area contributed by atoms with Crippen LogP contribution in [0, 0.1) is 12.8 Å². The van der Waals surface area contributed by atoms with Crippen molar-refractivity contribution in [2.75, 3.05) is 7.05 Å². The third-order valence-corrected chi connectivity index (χ3v) is 0. The van der Waals surface area contributed by atoms with Crippen LogP contribution in [0.5, 0.6) is 0 Å². The molecule has 24 valence electrons. The fourth-order valence-electron chi connectivity index (χ4n) is 0. The van der Waals surface area contributed by atoms with Crippen LogP contribution in [0.25, 0.3) is 0 Å². The average molecular weight is 58.1 g/mol. The topological polar surface area (TPSA) is 26.0 Å². The van der Waals surface area contributed by atoms with Crippen LogP contribution in [0.3, 0.4) is 0 Å². The van der Waals surface area contributed by atoms with Gasteiger partial charge in [0.05, 0.1) is 0 Å². The molecule has 0 amide bonds. The van der Waals surface area contributed by atoms with Crippen molar-refractivity contribution in [2.45, 2.75) is 0 Å². The Hall–Kier alpha value is -0.480. The van der Waals surface area contributed by atoms with E-state index in [4.69, 9.17) is 1.37 Å². The van der Waals surface area contributed by atoms with Crippen molar-refractivity contribution >= 4 is 0 Å². The molecule has 0 aromatic heterocycles. The van der Waals surface area contributed by atoms with Crippen LogP contribution >= 0.6 is 0 Å². The highest BCUT2D eigenvalue weighted by Crippen LogP contribution is 0.579. The largest absolute Gasteiger partial charge is 0.333 e. The van der Waals surface area contributed by atoms with Crippen LogP contribution in [-0.2, 0) is 0 Å². The molecule has 0 aliphatic rings. The maximum atomic E-state index is 5.74. The molecule has 0 aliphatic heterocycles. The monoisotopic (exact) mass is 58.1 g/mol. The van der Waals surface area contributed by atoms with Crippen LogP contribution in [0.15, 0.2) is 0 Å². The highest BCUT2D eigenvalue weighted by Gasteiger charge is 0.836. The minimum absolute atomic E-state index is 1.50. The lowest BCUT2D eigenvalue weighted by Crippen LogP contribution is -1.69. The van der Waals surface area contributed by atoms with E-state index >= 15 is 0 Å². The lowest BCUT2D eigenvalue weighted by molar-refractivity contribution is 1.48. The molecule has 0 fully saturated rings. The Kier molecular flexibility index (Phi) is 22.2. The Labute approximate surface area is 28.2 Å². The average Bonchev–Trinajstić information content (AvgIpc) is 1.46. The molecule has 4 heavy (non-hydrogen) atoms. The van der Waals surface area contributed by atoms with Crippen LogP contribution < -0.4 is 5.73 Å². The summed E-state index contributed by atoms with van der Waals surface area (Å²) in [5.41, 5.74) is 4.50. The molecular formula is C3H7N. The molecule has 2 N–H and O–H groups in total. The van der Waals surface area contributed by atoms with Gasteiger partial charge in [0.2, 0.25) is 0 Å². The van der Waals surface area contributed by atoms with Crippen molar-refractivity contribution in [1.29, 1.82) is 0 Å². The number of hydrogen-bond acceptors (Lipinski definition) is 1. The second kappa shape index (κ2) is 25.3. The highest BCUT2D eigenvalue weighted by molar-refractivity contribution is 4.47. The normalized spacial score (nSPS) is 3.75. The van der Waals surface area contributed by atoms with Crippen molar-refractivity contribution in [3.8, 4) is 12.8 Å². The van der Waals surface area contributed by atoms with Gasteiger partial charge in [0.25, 0.3) is 0 Å². The minimum Gasteiger partial charge on any atom is -0.333 e. The molecule has 0 rings (SSSR count). The summed E-state index contributed by atoms with van der Waals surface area (Å²) < 4.78 is 5.74. The van der Waals surface area contributed by atoms with E-state index in [2.05, 4.69) is 12.2 Å². The highest BCUT2D eigenvalue weighted by atomic mass is 14.4. The van der Waals surface area contributed by atoms with E-state index in [0.29, 0.717) is 0 Å². The summed E-state index contributed by atoms with van der Waals surface area (Å²) in [5, 5.41) is 0. The maximum Gasteiger partial charge on any atom is 0.124 e. The lowest BCUT2D eigenvalue weighted by atomic mass is 11.4. The summed E-state index contributed by atoms with van der Waals surface area (Å²) >= 11 is 0. The van der Waals surface area contributed by atoms with E-state index in [1.54, 1.807) is 0 Å². The molecular weight excluding hydrogens is 50.0 g/mol. The van der Waals surface area contributed by atoms with Crippen molar-refractivity contribution in [3.05, 3.63) is 0 Å². The minimum atomic E-state index is 1.50. The molecule has 0 unspecified atom stereocenters.